The SMILES string of the molecule is CN1[C@@H]2CCC[C@H]1C[C@@H](N(C(N)=O)c1ccccc1-c1noc(C3CC3)n1)C2. The van der Waals surface area contributed by atoms with Gasteiger partial charge in [0, 0.05) is 29.6 Å². The molecular formula is C21H27N5O2. The average molecular weight is 381 g/mol. The van der Waals surface area contributed by atoms with E-state index in [0.29, 0.717) is 29.7 Å². The number of nitrogens with two attached hydrogens (primary N) is 1. The van der Waals surface area contributed by atoms with Crippen molar-refractivity contribution in [2.24, 2.45) is 5.73 Å². The first-order valence-corrected chi connectivity index (χ1v) is 10.4. The molecule has 1 saturated carbocycles. The van der Waals surface area contributed by atoms with E-state index < -0.39 is 6.03 Å². The number of primary amides is 1. The quantitative estimate of drug-likeness (QED) is 0.875. The highest BCUT2D eigenvalue weighted by atomic mass is 16.5. The molecule has 1 aromatic heterocycles. The summed E-state index contributed by atoms with van der Waals surface area (Å²) in [6, 6.07) is 8.48. The van der Waals surface area contributed by atoms with Crippen molar-refractivity contribution >= 4 is 11.7 Å². The van der Waals surface area contributed by atoms with Crippen molar-refractivity contribution in [1.29, 1.82) is 0 Å². The minimum Gasteiger partial charge on any atom is -0.351 e. The monoisotopic (exact) mass is 381 g/mol. The van der Waals surface area contributed by atoms with Gasteiger partial charge in [0.2, 0.25) is 11.7 Å². The predicted molar refractivity (Wildman–Crippen MR) is 106 cm³/mol. The van der Waals surface area contributed by atoms with Crippen LogP contribution >= 0.6 is 0 Å². The molecule has 2 amide bonds. The highest BCUT2D eigenvalue weighted by molar-refractivity contribution is 5.95. The van der Waals surface area contributed by atoms with E-state index in [1.54, 1.807) is 4.90 Å². The van der Waals surface area contributed by atoms with Gasteiger partial charge in [0.15, 0.2) is 0 Å². The number of carbonyl (C=O) groups is 1. The van der Waals surface area contributed by atoms with Crippen LogP contribution in [-0.4, -0.2) is 46.2 Å². The summed E-state index contributed by atoms with van der Waals surface area (Å²) in [5, 5.41) is 4.19. The first-order valence-electron chi connectivity index (χ1n) is 10.4. The molecule has 148 valence electrons. The summed E-state index contributed by atoms with van der Waals surface area (Å²) in [6.07, 6.45) is 7.75. The molecule has 3 atom stereocenters. The Bertz CT molecular complexity index is 863. The van der Waals surface area contributed by atoms with Crippen LogP contribution in [0.1, 0.15) is 56.8 Å². The van der Waals surface area contributed by atoms with E-state index in [0.717, 1.165) is 36.9 Å². The van der Waals surface area contributed by atoms with Gasteiger partial charge in [-0.05, 0) is 57.7 Å². The summed E-state index contributed by atoms with van der Waals surface area (Å²) in [5.74, 6) is 1.63. The minimum atomic E-state index is -0.411. The topological polar surface area (TPSA) is 88.5 Å². The number of nitrogens with zero attached hydrogens (tertiary/aromatic N) is 4. The smallest absolute Gasteiger partial charge is 0.319 e. The molecule has 2 aromatic rings. The summed E-state index contributed by atoms with van der Waals surface area (Å²) >= 11 is 0. The number of piperidine rings is 2. The number of aromatic nitrogens is 2. The largest absolute Gasteiger partial charge is 0.351 e. The van der Waals surface area contributed by atoms with Crippen LogP contribution in [0.15, 0.2) is 28.8 Å². The van der Waals surface area contributed by atoms with Gasteiger partial charge < -0.3 is 15.2 Å². The zero-order valence-electron chi connectivity index (χ0n) is 16.3. The molecule has 7 nitrogen and oxygen atoms in total. The second-order valence-corrected chi connectivity index (χ2v) is 8.49. The average Bonchev–Trinajstić information content (AvgIpc) is 3.40. The fourth-order valence-electron chi connectivity index (χ4n) is 5.01. The van der Waals surface area contributed by atoms with E-state index in [9.17, 15) is 4.79 Å². The fraction of sp³-hybridized carbons (Fsp3) is 0.571. The number of amides is 2. The summed E-state index contributed by atoms with van der Waals surface area (Å²) in [5.41, 5.74) is 7.49. The molecule has 3 aliphatic rings. The first kappa shape index (κ1) is 17.7. The lowest BCUT2D eigenvalue weighted by atomic mass is 9.81. The molecule has 2 N–H and O–H groups in total. The van der Waals surface area contributed by atoms with E-state index in [1.807, 2.05) is 24.3 Å². The van der Waals surface area contributed by atoms with Crippen molar-refractivity contribution in [1.82, 2.24) is 15.0 Å². The maximum absolute atomic E-state index is 12.6. The second kappa shape index (κ2) is 6.88. The standard InChI is InChI=1S/C21H27N5O2/c1-25-14-5-4-6-15(25)12-16(11-14)26(21(22)27)18-8-3-2-7-17(18)19-23-20(28-24-19)13-9-10-13/h2-3,7-8,13-16H,4-6,9-12H2,1H3,(H2,22,27)/t14-,15+,16+. The minimum absolute atomic E-state index is 0.0972. The molecule has 7 heteroatoms. The number of hydrogen-bond acceptors (Lipinski definition) is 5. The molecule has 2 bridgehead atoms. The summed E-state index contributed by atoms with van der Waals surface area (Å²) in [4.78, 5) is 21.4. The summed E-state index contributed by atoms with van der Waals surface area (Å²) < 4.78 is 5.46. The number of fused-ring (bicyclic) bond motifs is 2. The van der Waals surface area contributed by atoms with Gasteiger partial charge in [-0.3, -0.25) is 4.90 Å². The van der Waals surface area contributed by atoms with Crippen LogP contribution in [0, 0.1) is 0 Å². The summed E-state index contributed by atoms with van der Waals surface area (Å²) in [6.45, 7) is 0. The number of para-hydroxylation sites is 1. The third kappa shape index (κ3) is 3.07. The van der Waals surface area contributed by atoms with Crippen LogP contribution in [0.25, 0.3) is 11.4 Å². The number of urea groups is 1. The zero-order chi connectivity index (χ0) is 19.3. The van der Waals surface area contributed by atoms with Crippen LogP contribution < -0.4 is 10.6 Å². The van der Waals surface area contributed by atoms with Gasteiger partial charge in [0.1, 0.15) is 0 Å². The Morgan fingerprint density at radius 3 is 2.57 bits per heavy atom. The number of anilines is 1. The molecule has 5 rings (SSSR count). The van der Waals surface area contributed by atoms with Crippen LogP contribution in [0.2, 0.25) is 0 Å². The third-order valence-corrected chi connectivity index (χ3v) is 6.69. The first-order chi connectivity index (χ1) is 13.6. The summed E-state index contributed by atoms with van der Waals surface area (Å²) in [7, 11) is 2.21. The van der Waals surface area contributed by atoms with Crippen molar-refractivity contribution in [3.05, 3.63) is 30.2 Å². The zero-order valence-corrected chi connectivity index (χ0v) is 16.3. The van der Waals surface area contributed by atoms with Gasteiger partial charge in [-0.25, -0.2) is 4.79 Å². The number of benzene rings is 1. The van der Waals surface area contributed by atoms with Crippen LogP contribution in [0.4, 0.5) is 10.5 Å². The van der Waals surface area contributed by atoms with Crippen molar-refractivity contribution in [2.45, 2.75) is 69.0 Å². The molecule has 1 aromatic carbocycles. The van der Waals surface area contributed by atoms with Crippen molar-refractivity contribution < 1.29 is 9.32 Å². The molecule has 3 heterocycles. The maximum atomic E-state index is 12.6. The highest BCUT2D eigenvalue weighted by Crippen LogP contribution is 2.41. The van der Waals surface area contributed by atoms with Crippen molar-refractivity contribution in [3.8, 4) is 11.4 Å². The van der Waals surface area contributed by atoms with Crippen molar-refractivity contribution in [2.75, 3.05) is 11.9 Å². The van der Waals surface area contributed by atoms with Crippen LogP contribution in [-0.2, 0) is 0 Å². The van der Waals surface area contributed by atoms with Gasteiger partial charge in [0.05, 0.1) is 5.69 Å². The van der Waals surface area contributed by atoms with E-state index in [4.69, 9.17) is 10.3 Å². The molecule has 0 radical (unpaired) electrons. The Morgan fingerprint density at radius 2 is 1.89 bits per heavy atom. The van der Waals surface area contributed by atoms with E-state index in [2.05, 4.69) is 22.1 Å². The number of hydrogen-bond donors (Lipinski definition) is 1. The van der Waals surface area contributed by atoms with Crippen molar-refractivity contribution in [3.63, 3.8) is 0 Å². The molecule has 0 unspecified atom stereocenters. The van der Waals surface area contributed by atoms with E-state index in [1.165, 1.54) is 19.3 Å². The molecule has 28 heavy (non-hydrogen) atoms. The molecule has 2 aliphatic heterocycles. The normalized spacial score (nSPS) is 27.5. The fourth-order valence-corrected chi connectivity index (χ4v) is 5.01. The second-order valence-electron chi connectivity index (χ2n) is 8.49. The Morgan fingerprint density at radius 1 is 1.18 bits per heavy atom. The molecule has 2 saturated heterocycles. The highest BCUT2D eigenvalue weighted by Gasteiger charge is 2.40. The molecule has 3 fully saturated rings. The third-order valence-electron chi connectivity index (χ3n) is 6.69. The number of rotatable bonds is 4. The Kier molecular flexibility index (Phi) is 4.34. The molecular weight excluding hydrogens is 354 g/mol. The van der Waals surface area contributed by atoms with Crippen LogP contribution in [0.3, 0.4) is 0 Å². The van der Waals surface area contributed by atoms with Gasteiger partial charge >= 0.3 is 6.03 Å². The van der Waals surface area contributed by atoms with Gasteiger partial charge in [-0.15, -0.1) is 0 Å². The van der Waals surface area contributed by atoms with E-state index in [-0.39, 0.29) is 6.04 Å². The Balaban J connectivity index is 1.49. The lowest BCUT2D eigenvalue weighted by molar-refractivity contribution is 0.0564. The lowest BCUT2D eigenvalue weighted by Gasteiger charge is -2.49. The van der Waals surface area contributed by atoms with Gasteiger partial charge in [0.25, 0.3) is 0 Å². The van der Waals surface area contributed by atoms with E-state index >= 15 is 0 Å². The van der Waals surface area contributed by atoms with Gasteiger partial charge in [-0.1, -0.05) is 23.7 Å². The molecule has 1 aliphatic carbocycles. The maximum Gasteiger partial charge on any atom is 0.319 e. The molecule has 0 spiro atoms. The Labute approximate surface area is 164 Å². The van der Waals surface area contributed by atoms with Gasteiger partial charge in [-0.2, -0.15) is 4.98 Å². The van der Waals surface area contributed by atoms with Crippen LogP contribution in [0.5, 0.6) is 0 Å². The lowest BCUT2D eigenvalue weighted by Crippen LogP contribution is -2.57. The predicted octanol–water partition coefficient (Wildman–Crippen LogP) is 3.51. The Hall–Kier alpha value is -2.41. The number of carbonyl (C=O) groups excluding carboxylic acids is 1.